The average Bonchev–Trinajstić information content (AvgIpc) is 2.27. The first-order chi connectivity index (χ1) is 7.61. The van der Waals surface area contributed by atoms with Gasteiger partial charge in [0.15, 0.2) is 0 Å². The number of hydrogen-bond acceptors (Lipinski definition) is 0. The van der Waals surface area contributed by atoms with E-state index >= 15 is 0 Å². The Morgan fingerprint density at radius 2 is 1.00 bits per heavy atom. The highest BCUT2D eigenvalue weighted by Gasteiger charge is 2.12. The average molecular weight is 294 g/mol. The maximum Gasteiger partial charge on any atom is 0.133 e. The molecule has 2 aromatic rings. The molecule has 0 aromatic heterocycles. The van der Waals surface area contributed by atoms with Gasteiger partial charge in [0.25, 0.3) is 0 Å². The lowest BCUT2D eigenvalue weighted by Crippen LogP contribution is -1.89. The van der Waals surface area contributed by atoms with E-state index in [1.54, 1.807) is 0 Å². The van der Waals surface area contributed by atoms with E-state index < -0.39 is 9.67 Å². The number of rotatable bonds is 2. The molecule has 0 atom stereocenters. The van der Waals surface area contributed by atoms with Crippen LogP contribution in [0.2, 0.25) is 0 Å². The first-order valence-corrected chi connectivity index (χ1v) is 6.43. The van der Waals surface area contributed by atoms with E-state index in [0.29, 0.717) is 0 Å². The SMILES string of the molecule is ClC(Cl)c1cccc2c(C(Cl)Cl)cccc12. The number of fused-ring (bicyclic) bond motifs is 1. The van der Waals surface area contributed by atoms with Crippen molar-refractivity contribution in [2.24, 2.45) is 0 Å². The molecule has 0 N–H and O–H groups in total. The summed E-state index contributed by atoms with van der Waals surface area (Å²) in [4.78, 5) is -1.11. The van der Waals surface area contributed by atoms with Crippen LogP contribution in [0, 0.1) is 0 Å². The molecule has 0 amide bonds. The van der Waals surface area contributed by atoms with E-state index in [-0.39, 0.29) is 0 Å². The van der Waals surface area contributed by atoms with Crippen LogP contribution in [0.4, 0.5) is 0 Å². The minimum absolute atomic E-state index is 0.553. The predicted molar refractivity (Wildman–Crippen MR) is 72.8 cm³/mol. The van der Waals surface area contributed by atoms with Crippen LogP contribution in [-0.2, 0) is 0 Å². The smallest absolute Gasteiger partial charge is 0.100 e. The normalized spacial score (nSPS) is 11.6. The van der Waals surface area contributed by atoms with Gasteiger partial charge in [0.05, 0.1) is 0 Å². The molecule has 0 spiro atoms. The van der Waals surface area contributed by atoms with E-state index in [9.17, 15) is 0 Å². The Bertz CT molecular complexity index is 458. The molecule has 0 heterocycles. The number of halogens is 4. The number of alkyl halides is 4. The minimum atomic E-state index is -0.553. The second kappa shape index (κ2) is 5.01. The fraction of sp³-hybridized carbons (Fsp3) is 0.167. The Labute approximate surface area is 114 Å². The molecular weight excluding hydrogens is 286 g/mol. The monoisotopic (exact) mass is 292 g/mol. The molecule has 2 rings (SSSR count). The zero-order valence-corrected chi connectivity index (χ0v) is 11.2. The van der Waals surface area contributed by atoms with Gasteiger partial charge in [-0.2, -0.15) is 0 Å². The topological polar surface area (TPSA) is 0 Å². The van der Waals surface area contributed by atoms with Crippen LogP contribution in [0.3, 0.4) is 0 Å². The molecule has 0 radical (unpaired) electrons. The summed E-state index contributed by atoms with van der Waals surface area (Å²) in [5.74, 6) is 0. The molecule has 84 valence electrons. The van der Waals surface area contributed by atoms with Gasteiger partial charge in [0.2, 0.25) is 0 Å². The van der Waals surface area contributed by atoms with Crippen LogP contribution in [-0.4, -0.2) is 0 Å². The van der Waals surface area contributed by atoms with E-state index in [0.717, 1.165) is 21.9 Å². The van der Waals surface area contributed by atoms with Gasteiger partial charge in [-0.1, -0.05) is 36.4 Å². The van der Waals surface area contributed by atoms with Crippen molar-refractivity contribution in [1.82, 2.24) is 0 Å². The van der Waals surface area contributed by atoms with E-state index in [1.165, 1.54) is 0 Å². The highest BCUT2D eigenvalue weighted by Crippen LogP contribution is 2.36. The van der Waals surface area contributed by atoms with Gasteiger partial charge in [-0.15, -0.1) is 46.4 Å². The Morgan fingerprint density at radius 3 is 1.31 bits per heavy atom. The van der Waals surface area contributed by atoms with Crippen molar-refractivity contribution in [3.63, 3.8) is 0 Å². The summed E-state index contributed by atoms with van der Waals surface area (Å²) in [6.45, 7) is 0. The zero-order chi connectivity index (χ0) is 11.7. The van der Waals surface area contributed by atoms with Gasteiger partial charge in [0.1, 0.15) is 9.67 Å². The molecule has 0 aliphatic carbocycles. The molecule has 0 nitrogen and oxygen atoms in total. The molecule has 0 fully saturated rings. The van der Waals surface area contributed by atoms with Crippen LogP contribution >= 0.6 is 46.4 Å². The number of hydrogen-bond donors (Lipinski definition) is 0. The Balaban J connectivity index is 2.76. The Hall–Kier alpha value is -0.140. The van der Waals surface area contributed by atoms with Gasteiger partial charge in [-0.3, -0.25) is 0 Å². The lowest BCUT2D eigenvalue weighted by atomic mass is 10.0. The molecule has 0 unspecified atom stereocenters. The lowest BCUT2D eigenvalue weighted by molar-refractivity contribution is 1.35. The van der Waals surface area contributed by atoms with Crippen molar-refractivity contribution in [3.05, 3.63) is 47.5 Å². The second-order valence-electron chi connectivity index (χ2n) is 3.39. The Kier molecular flexibility index (Phi) is 3.86. The lowest BCUT2D eigenvalue weighted by Gasteiger charge is -2.11. The highest BCUT2D eigenvalue weighted by molar-refractivity contribution is 6.45. The molecule has 0 saturated heterocycles. The first kappa shape index (κ1) is 12.3. The fourth-order valence-electron chi connectivity index (χ4n) is 1.74. The number of benzene rings is 2. The largest absolute Gasteiger partial charge is 0.133 e. The van der Waals surface area contributed by atoms with Crippen molar-refractivity contribution in [2.75, 3.05) is 0 Å². The minimum Gasteiger partial charge on any atom is -0.100 e. The first-order valence-electron chi connectivity index (χ1n) is 4.69. The zero-order valence-electron chi connectivity index (χ0n) is 8.13. The summed E-state index contributed by atoms with van der Waals surface area (Å²) < 4.78 is 0. The van der Waals surface area contributed by atoms with Crippen molar-refractivity contribution in [2.45, 2.75) is 9.67 Å². The van der Waals surface area contributed by atoms with Crippen molar-refractivity contribution >= 4 is 57.2 Å². The van der Waals surface area contributed by atoms with Gasteiger partial charge in [-0.25, -0.2) is 0 Å². The summed E-state index contributed by atoms with van der Waals surface area (Å²) in [6.07, 6.45) is 0. The molecular formula is C12H8Cl4. The summed E-state index contributed by atoms with van der Waals surface area (Å²) >= 11 is 23.7. The predicted octanol–water partition coefficient (Wildman–Crippen LogP) is 5.79. The summed E-state index contributed by atoms with van der Waals surface area (Å²) in [5.41, 5.74) is 1.74. The van der Waals surface area contributed by atoms with Gasteiger partial charge < -0.3 is 0 Å². The van der Waals surface area contributed by atoms with Crippen LogP contribution in [0.25, 0.3) is 10.8 Å². The van der Waals surface area contributed by atoms with Crippen molar-refractivity contribution in [3.8, 4) is 0 Å². The molecule has 0 aliphatic heterocycles. The van der Waals surface area contributed by atoms with Crippen LogP contribution in [0.15, 0.2) is 36.4 Å². The van der Waals surface area contributed by atoms with E-state index in [2.05, 4.69) is 0 Å². The third-order valence-electron chi connectivity index (χ3n) is 2.46. The summed E-state index contributed by atoms with van der Waals surface area (Å²) in [5, 5.41) is 1.97. The van der Waals surface area contributed by atoms with Gasteiger partial charge in [-0.05, 0) is 21.9 Å². The quantitative estimate of drug-likeness (QED) is 0.615. The van der Waals surface area contributed by atoms with Crippen LogP contribution < -0.4 is 0 Å². The van der Waals surface area contributed by atoms with Crippen molar-refractivity contribution in [1.29, 1.82) is 0 Å². The molecule has 0 saturated carbocycles. The summed E-state index contributed by atoms with van der Waals surface area (Å²) in [6, 6.07) is 11.5. The molecule has 4 heteroatoms. The maximum atomic E-state index is 5.91. The van der Waals surface area contributed by atoms with Crippen LogP contribution in [0.1, 0.15) is 20.8 Å². The van der Waals surface area contributed by atoms with Crippen LogP contribution in [0.5, 0.6) is 0 Å². The molecule has 2 aromatic carbocycles. The highest BCUT2D eigenvalue weighted by atomic mass is 35.5. The maximum absolute atomic E-state index is 5.91. The third-order valence-corrected chi connectivity index (χ3v) is 3.40. The Morgan fingerprint density at radius 1 is 0.625 bits per heavy atom. The summed E-state index contributed by atoms with van der Waals surface area (Å²) in [7, 11) is 0. The second-order valence-corrected chi connectivity index (χ2v) is 5.58. The fourth-order valence-corrected chi connectivity index (χ4v) is 2.50. The van der Waals surface area contributed by atoms with Gasteiger partial charge >= 0.3 is 0 Å². The molecule has 0 bridgehead atoms. The van der Waals surface area contributed by atoms with Gasteiger partial charge in [0, 0.05) is 0 Å². The molecule has 16 heavy (non-hydrogen) atoms. The van der Waals surface area contributed by atoms with E-state index in [4.69, 9.17) is 46.4 Å². The van der Waals surface area contributed by atoms with E-state index in [1.807, 2.05) is 36.4 Å². The standard InChI is InChI=1S/C12H8Cl4/c13-11(14)9-5-1-3-7-8(9)4-2-6-10(7)12(15)16/h1-6,11-12H. The third kappa shape index (κ3) is 2.26. The molecule has 0 aliphatic rings. The van der Waals surface area contributed by atoms with Crippen molar-refractivity contribution < 1.29 is 0 Å².